The van der Waals surface area contributed by atoms with Crippen molar-refractivity contribution in [3.63, 3.8) is 0 Å². The third kappa shape index (κ3) is 4.54. The first-order valence-corrected chi connectivity index (χ1v) is 8.55. The Morgan fingerprint density at radius 3 is 1.92 bits per heavy atom. The summed E-state index contributed by atoms with van der Waals surface area (Å²) in [6, 6.07) is 15.7. The summed E-state index contributed by atoms with van der Waals surface area (Å²) < 4.78 is 4.93. The highest BCUT2D eigenvalue weighted by Gasteiger charge is 2.43. The Morgan fingerprint density at radius 2 is 1.46 bits per heavy atom. The first-order chi connectivity index (χ1) is 12.5. The lowest BCUT2D eigenvalue weighted by molar-refractivity contribution is -0.172. The normalized spacial score (nSPS) is 12.4. The largest absolute Gasteiger partial charge is 0.389 e. The average molecular weight is 356 g/mol. The zero-order valence-electron chi connectivity index (χ0n) is 14.5. The quantitative estimate of drug-likeness (QED) is 0.374. The smallest absolute Gasteiger partial charge is 0.355 e. The van der Waals surface area contributed by atoms with Gasteiger partial charge < -0.3 is 21.3 Å². The summed E-state index contributed by atoms with van der Waals surface area (Å²) in [5.41, 5.74) is 9.70. The maximum Gasteiger partial charge on any atom is 0.355 e. The fourth-order valence-corrected chi connectivity index (χ4v) is 2.63. The summed E-state index contributed by atoms with van der Waals surface area (Å²) in [6.45, 7) is 0.502. The number of carbonyl (C=O) groups excluding carboxylic acids is 2. The molecule has 6 heteroatoms. The van der Waals surface area contributed by atoms with E-state index in [-0.39, 0.29) is 0 Å². The molecule has 0 unspecified atom stereocenters. The molecule has 26 heavy (non-hydrogen) atoms. The van der Waals surface area contributed by atoms with Crippen LogP contribution in [0.1, 0.15) is 30.4 Å². The molecule has 0 aliphatic carbocycles. The summed E-state index contributed by atoms with van der Waals surface area (Å²) in [7, 11) is 0. The van der Waals surface area contributed by atoms with Crippen LogP contribution >= 0.6 is 0 Å². The lowest BCUT2D eigenvalue weighted by atomic mass is 9.86. The predicted octanol–water partition coefficient (Wildman–Crippen LogP) is 1.45. The van der Waals surface area contributed by atoms with E-state index in [1.807, 2.05) is 0 Å². The third-order valence-electron chi connectivity index (χ3n) is 4.14. The molecule has 0 radical (unpaired) electrons. The number of ether oxygens (including phenoxy) is 1. The number of esters is 2. The molecule has 5 N–H and O–H groups in total. The maximum atomic E-state index is 12.7. The number of unbranched alkanes of at least 4 members (excludes halogenated alkanes) is 1. The Bertz CT molecular complexity index is 680. The molecule has 138 valence electrons. The molecule has 0 saturated carbocycles. The van der Waals surface area contributed by atoms with Gasteiger partial charge in [-0.25, -0.2) is 9.59 Å². The van der Waals surface area contributed by atoms with E-state index in [4.69, 9.17) is 16.2 Å². The van der Waals surface area contributed by atoms with Gasteiger partial charge in [-0.15, -0.1) is 0 Å². The second kappa shape index (κ2) is 9.24. The summed E-state index contributed by atoms with van der Waals surface area (Å²) in [4.78, 5) is 24.9. The highest BCUT2D eigenvalue weighted by Crippen LogP contribution is 2.31. The minimum absolute atomic E-state index is 0.306. The number of benzene rings is 2. The minimum atomic E-state index is -2.10. The molecule has 0 spiro atoms. The molecule has 0 amide bonds. The van der Waals surface area contributed by atoms with Crippen molar-refractivity contribution in [3.05, 3.63) is 71.8 Å². The van der Waals surface area contributed by atoms with E-state index in [2.05, 4.69) is 0 Å². The number of nitrogens with two attached hydrogens (primary N) is 2. The predicted molar refractivity (Wildman–Crippen MR) is 97.9 cm³/mol. The molecular weight excluding hydrogens is 332 g/mol. The maximum absolute atomic E-state index is 12.7. The van der Waals surface area contributed by atoms with Crippen LogP contribution in [0.25, 0.3) is 0 Å². The van der Waals surface area contributed by atoms with Crippen LogP contribution in [0.5, 0.6) is 0 Å². The van der Waals surface area contributed by atoms with Gasteiger partial charge in [0.1, 0.15) is 6.04 Å². The molecule has 2 aromatic carbocycles. The average Bonchev–Trinajstić information content (AvgIpc) is 2.68. The van der Waals surface area contributed by atoms with Crippen molar-refractivity contribution in [1.82, 2.24) is 0 Å². The molecule has 0 heterocycles. The van der Waals surface area contributed by atoms with Crippen LogP contribution in [0.2, 0.25) is 0 Å². The molecule has 2 rings (SSSR count). The Labute approximate surface area is 152 Å². The summed E-state index contributed by atoms with van der Waals surface area (Å²) in [5.74, 6) is -1.94. The standard InChI is InChI=1S/C20H24N2O4/c21-14-8-7-13-17(22)18(23)26-19(24)20(25,15-9-3-1-4-10-15)16-11-5-2-6-12-16/h1-6,9-12,17,25H,7-8,13-14,21-22H2/t17-/m0/s1. The van der Waals surface area contributed by atoms with Gasteiger partial charge in [0.2, 0.25) is 5.60 Å². The van der Waals surface area contributed by atoms with Gasteiger partial charge in [0.15, 0.2) is 0 Å². The topological polar surface area (TPSA) is 116 Å². The second-order valence-corrected chi connectivity index (χ2v) is 6.04. The van der Waals surface area contributed by atoms with Gasteiger partial charge in [0, 0.05) is 0 Å². The Balaban J connectivity index is 2.24. The molecule has 0 aliphatic heterocycles. The van der Waals surface area contributed by atoms with E-state index in [1.54, 1.807) is 60.7 Å². The molecule has 0 saturated heterocycles. The first kappa shape index (κ1) is 19.8. The van der Waals surface area contributed by atoms with E-state index >= 15 is 0 Å². The fraction of sp³-hybridized carbons (Fsp3) is 0.300. The van der Waals surface area contributed by atoms with Crippen LogP contribution in [-0.2, 0) is 19.9 Å². The monoisotopic (exact) mass is 356 g/mol. The molecule has 0 bridgehead atoms. The number of rotatable bonds is 8. The third-order valence-corrected chi connectivity index (χ3v) is 4.14. The highest BCUT2D eigenvalue weighted by atomic mass is 16.6. The molecule has 6 nitrogen and oxygen atoms in total. The van der Waals surface area contributed by atoms with Gasteiger partial charge >= 0.3 is 11.9 Å². The lowest BCUT2D eigenvalue weighted by Gasteiger charge is -2.27. The van der Waals surface area contributed by atoms with Gasteiger partial charge in [-0.3, -0.25) is 0 Å². The van der Waals surface area contributed by atoms with E-state index < -0.39 is 23.6 Å². The van der Waals surface area contributed by atoms with E-state index in [0.717, 1.165) is 6.42 Å². The van der Waals surface area contributed by atoms with Crippen molar-refractivity contribution in [2.75, 3.05) is 6.54 Å². The number of hydrogen-bond donors (Lipinski definition) is 3. The van der Waals surface area contributed by atoms with Crippen molar-refractivity contribution in [2.24, 2.45) is 11.5 Å². The fourth-order valence-electron chi connectivity index (χ4n) is 2.63. The van der Waals surface area contributed by atoms with Crippen LogP contribution < -0.4 is 11.5 Å². The van der Waals surface area contributed by atoms with Crippen molar-refractivity contribution < 1.29 is 19.4 Å². The first-order valence-electron chi connectivity index (χ1n) is 8.55. The van der Waals surface area contributed by atoms with Gasteiger partial charge in [0.25, 0.3) is 0 Å². The summed E-state index contributed by atoms with van der Waals surface area (Å²) in [6.07, 6.45) is 1.74. The Hall–Kier alpha value is -2.54. The summed E-state index contributed by atoms with van der Waals surface area (Å²) >= 11 is 0. The zero-order valence-corrected chi connectivity index (χ0v) is 14.5. The van der Waals surface area contributed by atoms with E-state index in [9.17, 15) is 14.7 Å². The molecule has 0 fully saturated rings. The number of aliphatic hydroxyl groups is 1. The van der Waals surface area contributed by atoms with Crippen LogP contribution in [0.15, 0.2) is 60.7 Å². The highest BCUT2D eigenvalue weighted by molar-refractivity contribution is 5.95. The van der Waals surface area contributed by atoms with Gasteiger partial charge in [-0.05, 0) is 30.5 Å². The van der Waals surface area contributed by atoms with Crippen LogP contribution in [0.4, 0.5) is 0 Å². The zero-order chi connectivity index (χ0) is 19.0. The molecule has 0 aromatic heterocycles. The van der Waals surface area contributed by atoms with Gasteiger partial charge in [-0.1, -0.05) is 67.1 Å². The van der Waals surface area contributed by atoms with Crippen molar-refractivity contribution >= 4 is 11.9 Å². The molecular formula is C20H24N2O4. The Kier molecular flexibility index (Phi) is 7.03. The van der Waals surface area contributed by atoms with Crippen molar-refractivity contribution in [3.8, 4) is 0 Å². The number of hydrogen-bond acceptors (Lipinski definition) is 6. The number of carbonyl (C=O) groups is 2. The van der Waals surface area contributed by atoms with Crippen LogP contribution in [-0.4, -0.2) is 29.6 Å². The minimum Gasteiger partial charge on any atom is -0.389 e. The SMILES string of the molecule is NCCCC[C@H](N)C(=O)OC(=O)C(O)(c1ccccc1)c1ccccc1. The Morgan fingerprint density at radius 1 is 0.962 bits per heavy atom. The van der Waals surface area contributed by atoms with Crippen LogP contribution in [0, 0.1) is 0 Å². The van der Waals surface area contributed by atoms with Gasteiger partial charge in [0.05, 0.1) is 0 Å². The summed E-state index contributed by atoms with van der Waals surface area (Å²) in [5, 5.41) is 11.2. The van der Waals surface area contributed by atoms with Crippen LogP contribution in [0.3, 0.4) is 0 Å². The molecule has 0 aliphatic rings. The lowest BCUT2D eigenvalue weighted by Crippen LogP contribution is -2.43. The molecule has 1 atom stereocenters. The van der Waals surface area contributed by atoms with Crippen molar-refractivity contribution in [1.29, 1.82) is 0 Å². The van der Waals surface area contributed by atoms with Gasteiger partial charge in [-0.2, -0.15) is 0 Å². The van der Waals surface area contributed by atoms with Crippen molar-refractivity contribution in [2.45, 2.75) is 30.9 Å². The van der Waals surface area contributed by atoms with E-state index in [0.29, 0.717) is 30.5 Å². The molecule has 2 aromatic rings. The van der Waals surface area contributed by atoms with E-state index in [1.165, 1.54) is 0 Å². The second-order valence-electron chi connectivity index (χ2n) is 6.04.